The summed E-state index contributed by atoms with van der Waals surface area (Å²) in [5.41, 5.74) is 2.47. The second-order valence-corrected chi connectivity index (χ2v) is 4.51. The molecule has 3 rings (SSSR count). The molecule has 0 amide bonds. The number of hydrogen-bond acceptors (Lipinski definition) is 4. The molecule has 2 heterocycles. The predicted molar refractivity (Wildman–Crippen MR) is 72.2 cm³/mol. The van der Waals surface area contributed by atoms with Crippen LogP contribution >= 0.6 is 0 Å². The molecule has 0 bridgehead atoms. The number of carboxylic acid groups (broad SMARTS) is 1. The Morgan fingerprint density at radius 2 is 2.20 bits per heavy atom. The van der Waals surface area contributed by atoms with E-state index in [-0.39, 0.29) is 6.42 Å². The summed E-state index contributed by atoms with van der Waals surface area (Å²) in [6.45, 7) is 0.553. The van der Waals surface area contributed by atoms with Crippen LogP contribution in [0.5, 0.6) is 0 Å². The second-order valence-electron chi connectivity index (χ2n) is 4.51. The number of carbonyl (C=O) groups is 1. The van der Waals surface area contributed by atoms with Crippen molar-refractivity contribution in [3.05, 3.63) is 54.0 Å². The van der Waals surface area contributed by atoms with Crippen LogP contribution in [0.4, 0.5) is 0 Å². The summed E-state index contributed by atoms with van der Waals surface area (Å²) in [7, 11) is 0. The van der Waals surface area contributed by atoms with Crippen molar-refractivity contribution in [1.29, 1.82) is 0 Å². The van der Waals surface area contributed by atoms with Gasteiger partial charge >= 0.3 is 5.97 Å². The SMILES string of the molecule is O=C(O)Cc1cn(Cc2ccc3ncccc3c2)nn1. The summed E-state index contributed by atoms with van der Waals surface area (Å²) >= 11 is 0. The molecule has 0 atom stereocenters. The van der Waals surface area contributed by atoms with Crippen molar-refractivity contribution in [2.75, 3.05) is 0 Å². The van der Waals surface area contributed by atoms with E-state index in [1.807, 2.05) is 30.3 Å². The summed E-state index contributed by atoms with van der Waals surface area (Å²) in [4.78, 5) is 14.9. The molecule has 1 N–H and O–H groups in total. The molecule has 0 spiro atoms. The maximum absolute atomic E-state index is 10.6. The summed E-state index contributed by atoms with van der Waals surface area (Å²) in [5.74, 6) is -0.908. The lowest BCUT2D eigenvalue weighted by molar-refractivity contribution is -0.136. The number of benzene rings is 1. The van der Waals surface area contributed by atoms with E-state index in [9.17, 15) is 4.79 Å². The zero-order valence-corrected chi connectivity index (χ0v) is 10.6. The fraction of sp³-hybridized carbons (Fsp3) is 0.143. The van der Waals surface area contributed by atoms with Gasteiger partial charge in [0.25, 0.3) is 0 Å². The quantitative estimate of drug-likeness (QED) is 0.775. The first-order chi connectivity index (χ1) is 9.70. The van der Waals surface area contributed by atoms with Crippen LogP contribution in [0.15, 0.2) is 42.7 Å². The van der Waals surface area contributed by atoms with Crippen LogP contribution in [-0.4, -0.2) is 31.1 Å². The second kappa shape index (κ2) is 5.08. The minimum Gasteiger partial charge on any atom is -0.481 e. The van der Waals surface area contributed by atoms with Gasteiger partial charge in [-0.2, -0.15) is 0 Å². The summed E-state index contributed by atoms with van der Waals surface area (Å²) < 4.78 is 1.63. The molecule has 3 aromatic rings. The van der Waals surface area contributed by atoms with E-state index in [2.05, 4.69) is 15.3 Å². The van der Waals surface area contributed by atoms with Crippen molar-refractivity contribution < 1.29 is 9.90 Å². The van der Waals surface area contributed by atoms with Crippen LogP contribution < -0.4 is 0 Å². The maximum atomic E-state index is 10.6. The average molecular weight is 268 g/mol. The van der Waals surface area contributed by atoms with Crippen molar-refractivity contribution in [3.63, 3.8) is 0 Å². The third kappa shape index (κ3) is 2.64. The highest BCUT2D eigenvalue weighted by molar-refractivity contribution is 5.78. The molecule has 6 heteroatoms. The fourth-order valence-corrected chi connectivity index (χ4v) is 2.06. The number of aliphatic carboxylic acids is 1. The molecule has 1 aromatic carbocycles. The van der Waals surface area contributed by atoms with Crippen LogP contribution in [-0.2, 0) is 17.8 Å². The van der Waals surface area contributed by atoms with Crippen LogP contribution in [0.25, 0.3) is 10.9 Å². The van der Waals surface area contributed by atoms with Crippen molar-refractivity contribution >= 4 is 16.9 Å². The van der Waals surface area contributed by atoms with Gasteiger partial charge in [0.05, 0.1) is 24.2 Å². The van der Waals surface area contributed by atoms with Gasteiger partial charge in [-0.3, -0.25) is 9.78 Å². The number of pyridine rings is 1. The van der Waals surface area contributed by atoms with Crippen LogP contribution in [0.3, 0.4) is 0 Å². The van der Waals surface area contributed by atoms with E-state index in [1.54, 1.807) is 17.1 Å². The third-order valence-electron chi connectivity index (χ3n) is 2.93. The first-order valence-electron chi connectivity index (χ1n) is 6.15. The Balaban J connectivity index is 1.81. The molecule has 0 aliphatic heterocycles. The van der Waals surface area contributed by atoms with Crippen LogP contribution in [0.1, 0.15) is 11.3 Å². The van der Waals surface area contributed by atoms with Crippen molar-refractivity contribution in [2.24, 2.45) is 0 Å². The topological polar surface area (TPSA) is 80.9 Å². The Labute approximate surface area is 114 Å². The third-order valence-corrected chi connectivity index (χ3v) is 2.93. The van der Waals surface area contributed by atoms with Gasteiger partial charge in [-0.15, -0.1) is 5.10 Å². The standard InChI is InChI=1S/C14H12N4O2/c19-14(20)7-12-9-18(17-16-12)8-10-3-4-13-11(6-10)2-1-5-15-13/h1-6,9H,7-8H2,(H,19,20). The van der Waals surface area contributed by atoms with E-state index < -0.39 is 5.97 Å². The molecule has 0 saturated carbocycles. The maximum Gasteiger partial charge on any atom is 0.309 e. The van der Waals surface area contributed by atoms with E-state index >= 15 is 0 Å². The molecule has 6 nitrogen and oxygen atoms in total. The number of nitrogens with zero attached hydrogens (tertiary/aromatic N) is 4. The van der Waals surface area contributed by atoms with Crippen molar-refractivity contribution in [1.82, 2.24) is 20.0 Å². The van der Waals surface area contributed by atoms with Crippen molar-refractivity contribution in [3.8, 4) is 0 Å². The number of carboxylic acids is 1. The van der Waals surface area contributed by atoms with Gasteiger partial charge in [0.1, 0.15) is 0 Å². The molecule has 20 heavy (non-hydrogen) atoms. The monoisotopic (exact) mass is 268 g/mol. The largest absolute Gasteiger partial charge is 0.481 e. The lowest BCUT2D eigenvalue weighted by atomic mass is 10.1. The van der Waals surface area contributed by atoms with Crippen molar-refractivity contribution in [2.45, 2.75) is 13.0 Å². The number of aromatic nitrogens is 4. The highest BCUT2D eigenvalue weighted by atomic mass is 16.4. The highest BCUT2D eigenvalue weighted by Crippen LogP contribution is 2.14. The predicted octanol–water partition coefficient (Wildman–Crippen LogP) is 1.50. The minimum atomic E-state index is -0.908. The van der Waals surface area contributed by atoms with E-state index in [0.29, 0.717) is 12.2 Å². The first kappa shape index (κ1) is 12.3. The minimum absolute atomic E-state index is 0.109. The Morgan fingerprint density at radius 3 is 3.05 bits per heavy atom. The van der Waals surface area contributed by atoms with Gasteiger partial charge in [0.2, 0.25) is 0 Å². The lowest BCUT2D eigenvalue weighted by Gasteiger charge is -2.02. The summed E-state index contributed by atoms with van der Waals surface area (Å²) in [6.07, 6.45) is 3.31. The van der Waals surface area contributed by atoms with Crippen LogP contribution in [0, 0.1) is 0 Å². The number of hydrogen-bond donors (Lipinski definition) is 1. The van der Waals surface area contributed by atoms with Gasteiger partial charge in [0.15, 0.2) is 0 Å². The normalized spacial score (nSPS) is 10.8. The molecule has 100 valence electrons. The van der Waals surface area contributed by atoms with E-state index in [0.717, 1.165) is 16.5 Å². The van der Waals surface area contributed by atoms with Gasteiger partial charge in [-0.25, -0.2) is 4.68 Å². The molecule has 2 aromatic heterocycles. The van der Waals surface area contributed by atoms with E-state index in [1.165, 1.54) is 0 Å². The van der Waals surface area contributed by atoms with Gasteiger partial charge in [-0.05, 0) is 23.8 Å². The molecule has 0 fully saturated rings. The Bertz CT molecular complexity index is 766. The number of fused-ring (bicyclic) bond motifs is 1. The fourth-order valence-electron chi connectivity index (χ4n) is 2.06. The molecule has 0 unspecified atom stereocenters. The smallest absolute Gasteiger partial charge is 0.309 e. The Kier molecular flexibility index (Phi) is 3.12. The van der Waals surface area contributed by atoms with Gasteiger partial charge in [-0.1, -0.05) is 17.3 Å². The summed E-state index contributed by atoms with van der Waals surface area (Å²) in [6, 6.07) is 9.88. The molecule has 0 aliphatic carbocycles. The summed E-state index contributed by atoms with van der Waals surface area (Å²) in [5, 5.41) is 17.5. The molecular formula is C14H12N4O2. The number of rotatable bonds is 4. The average Bonchev–Trinajstić information content (AvgIpc) is 2.85. The van der Waals surface area contributed by atoms with Gasteiger partial charge < -0.3 is 5.11 Å². The molecular weight excluding hydrogens is 256 g/mol. The first-order valence-corrected chi connectivity index (χ1v) is 6.15. The highest BCUT2D eigenvalue weighted by Gasteiger charge is 2.06. The molecule has 0 radical (unpaired) electrons. The Morgan fingerprint density at radius 1 is 1.30 bits per heavy atom. The Hall–Kier alpha value is -2.76. The lowest BCUT2D eigenvalue weighted by Crippen LogP contribution is -2.01. The molecule has 0 saturated heterocycles. The van der Waals surface area contributed by atoms with Gasteiger partial charge in [0, 0.05) is 17.8 Å². The zero-order valence-electron chi connectivity index (χ0n) is 10.6. The van der Waals surface area contributed by atoms with E-state index in [4.69, 9.17) is 5.11 Å². The molecule has 0 aliphatic rings. The zero-order chi connectivity index (χ0) is 13.9. The van der Waals surface area contributed by atoms with Crippen LogP contribution in [0.2, 0.25) is 0 Å².